The van der Waals surface area contributed by atoms with E-state index in [1.807, 2.05) is 6.20 Å². The lowest BCUT2D eigenvalue weighted by Gasteiger charge is -2.29. The fraction of sp³-hybridized carbons (Fsp3) is 0.242. The zero-order valence-corrected chi connectivity index (χ0v) is 40.7. The molecule has 0 unspecified atom stereocenters. The van der Waals surface area contributed by atoms with Crippen LogP contribution in [0.4, 0.5) is 22.7 Å². The summed E-state index contributed by atoms with van der Waals surface area (Å²) < 4.78 is 9.32. The standard InChI is InChI=1S/C62H62N4O/c1-59(2,3)44-28-31-55-57(37-44)64(48-25-19-24-45(34-48)61(7,8)42-20-13-11-14-21-42)41-65(55)49-35-47(60(4,5)6)36-51(39-49)67-50-29-30-53-52-26-17-18-27-54(52)66(56(53)40-50)58-38-46(32-33-63-58)62(9,10)43-22-15-12-16-23-43/h11-40H,41H2,1-10H3. The topological polar surface area (TPSA) is 33.5 Å². The number of hydrogen-bond donors (Lipinski definition) is 0. The molecular formula is C62H62N4O. The number of hydrogen-bond acceptors (Lipinski definition) is 4. The van der Waals surface area contributed by atoms with E-state index >= 15 is 0 Å². The molecule has 5 nitrogen and oxygen atoms in total. The highest BCUT2D eigenvalue weighted by Crippen LogP contribution is 2.49. The van der Waals surface area contributed by atoms with E-state index in [0.29, 0.717) is 6.67 Å². The van der Waals surface area contributed by atoms with Crippen molar-refractivity contribution in [3.63, 3.8) is 0 Å². The number of pyridine rings is 1. The monoisotopic (exact) mass is 878 g/mol. The molecule has 10 rings (SSSR count). The largest absolute Gasteiger partial charge is 0.457 e. The van der Waals surface area contributed by atoms with Crippen LogP contribution in [0.2, 0.25) is 0 Å². The van der Waals surface area contributed by atoms with Gasteiger partial charge < -0.3 is 14.5 Å². The Morgan fingerprint density at radius 2 is 1.00 bits per heavy atom. The number of ether oxygens (including phenoxy) is 1. The molecule has 0 bridgehead atoms. The van der Waals surface area contributed by atoms with Crippen molar-refractivity contribution >= 4 is 44.6 Å². The molecule has 67 heavy (non-hydrogen) atoms. The smallest absolute Gasteiger partial charge is 0.137 e. The van der Waals surface area contributed by atoms with E-state index in [1.165, 1.54) is 55.8 Å². The van der Waals surface area contributed by atoms with Gasteiger partial charge in [0.15, 0.2) is 0 Å². The first-order chi connectivity index (χ1) is 32.0. The first-order valence-electron chi connectivity index (χ1n) is 23.7. The first-order valence-corrected chi connectivity index (χ1v) is 23.7. The van der Waals surface area contributed by atoms with Crippen molar-refractivity contribution < 1.29 is 4.74 Å². The van der Waals surface area contributed by atoms with Gasteiger partial charge >= 0.3 is 0 Å². The minimum Gasteiger partial charge on any atom is -0.457 e. The van der Waals surface area contributed by atoms with Crippen LogP contribution in [0.3, 0.4) is 0 Å². The summed E-state index contributed by atoms with van der Waals surface area (Å²) in [6, 6.07) is 64.0. The average Bonchev–Trinajstić information content (AvgIpc) is 3.87. The second-order valence-corrected chi connectivity index (χ2v) is 21.5. The van der Waals surface area contributed by atoms with E-state index in [4.69, 9.17) is 9.72 Å². The Balaban J connectivity index is 1.05. The van der Waals surface area contributed by atoms with Gasteiger partial charge in [0, 0.05) is 51.3 Å². The minimum absolute atomic E-state index is 0.0111. The summed E-state index contributed by atoms with van der Waals surface area (Å²) in [5.41, 5.74) is 13.8. The third-order valence-corrected chi connectivity index (χ3v) is 14.2. The molecule has 0 amide bonds. The van der Waals surface area contributed by atoms with Crippen LogP contribution in [0.25, 0.3) is 27.6 Å². The molecule has 0 spiro atoms. The summed E-state index contributed by atoms with van der Waals surface area (Å²) in [5, 5.41) is 2.33. The number of fused-ring (bicyclic) bond motifs is 4. The Morgan fingerprint density at radius 1 is 0.403 bits per heavy atom. The molecule has 0 saturated carbocycles. The maximum atomic E-state index is 7.03. The molecular weight excluding hydrogens is 817 g/mol. The third kappa shape index (κ3) is 8.05. The maximum absolute atomic E-state index is 7.03. The van der Waals surface area contributed by atoms with Crippen molar-refractivity contribution in [1.82, 2.24) is 9.55 Å². The average molecular weight is 879 g/mol. The Morgan fingerprint density at radius 3 is 1.69 bits per heavy atom. The van der Waals surface area contributed by atoms with Gasteiger partial charge in [0.05, 0.1) is 22.4 Å². The molecule has 1 aliphatic heterocycles. The van der Waals surface area contributed by atoms with Crippen LogP contribution in [-0.2, 0) is 21.7 Å². The molecule has 9 aromatic rings. The fourth-order valence-electron chi connectivity index (χ4n) is 9.83. The molecule has 2 aromatic heterocycles. The van der Waals surface area contributed by atoms with Gasteiger partial charge in [0.1, 0.15) is 24.0 Å². The van der Waals surface area contributed by atoms with Gasteiger partial charge in [0.25, 0.3) is 0 Å². The molecule has 0 aliphatic carbocycles. The van der Waals surface area contributed by atoms with E-state index in [0.717, 1.165) is 39.4 Å². The van der Waals surface area contributed by atoms with Gasteiger partial charge in [-0.3, -0.25) is 4.57 Å². The molecule has 7 aromatic carbocycles. The van der Waals surface area contributed by atoms with E-state index in [1.54, 1.807) is 0 Å². The Kier molecular flexibility index (Phi) is 10.7. The number of benzene rings is 7. The summed E-state index contributed by atoms with van der Waals surface area (Å²) in [5.74, 6) is 2.44. The molecule has 5 heteroatoms. The lowest BCUT2D eigenvalue weighted by molar-refractivity contribution is 0.479. The summed E-state index contributed by atoms with van der Waals surface area (Å²) >= 11 is 0. The zero-order chi connectivity index (χ0) is 46.9. The first kappa shape index (κ1) is 43.8. The van der Waals surface area contributed by atoms with Crippen LogP contribution < -0.4 is 14.5 Å². The molecule has 336 valence electrons. The highest BCUT2D eigenvalue weighted by molar-refractivity contribution is 6.09. The summed E-state index contributed by atoms with van der Waals surface area (Å²) in [6.07, 6.45) is 1.94. The highest BCUT2D eigenvalue weighted by Gasteiger charge is 2.33. The predicted molar refractivity (Wildman–Crippen MR) is 282 cm³/mol. The molecule has 0 fully saturated rings. The van der Waals surface area contributed by atoms with E-state index in [9.17, 15) is 0 Å². The Bertz CT molecular complexity index is 3280. The van der Waals surface area contributed by atoms with Crippen molar-refractivity contribution in [1.29, 1.82) is 0 Å². The van der Waals surface area contributed by atoms with Crippen molar-refractivity contribution in [3.05, 3.63) is 216 Å². The molecule has 0 radical (unpaired) electrons. The van der Waals surface area contributed by atoms with Crippen LogP contribution in [-0.4, -0.2) is 16.2 Å². The molecule has 0 saturated heterocycles. The number of nitrogens with zero attached hydrogens (tertiary/aromatic N) is 4. The lowest BCUT2D eigenvalue weighted by Crippen LogP contribution is -2.25. The Hall–Kier alpha value is -7.11. The highest BCUT2D eigenvalue weighted by atomic mass is 16.5. The van der Waals surface area contributed by atoms with E-state index in [-0.39, 0.29) is 21.7 Å². The van der Waals surface area contributed by atoms with Gasteiger partial charge in [-0.2, -0.15) is 0 Å². The van der Waals surface area contributed by atoms with Crippen LogP contribution in [0, 0.1) is 0 Å². The number of para-hydroxylation sites is 1. The number of anilines is 4. The number of aromatic nitrogens is 2. The van der Waals surface area contributed by atoms with Crippen molar-refractivity contribution in [2.24, 2.45) is 0 Å². The van der Waals surface area contributed by atoms with Crippen LogP contribution in [0.15, 0.2) is 182 Å². The fourth-order valence-corrected chi connectivity index (χ4v) is 9.83. The third-order valence-electron chi connectivity index (χ3n) is 14.2. The van der Waals surface area contributed by atoms with Crippen LogP contribution in [0.5, 0.6) is 11.5 Å². The van der Waals surface area contributed by atoms with Crippen molar-refractivity contribution in [2.75, 3.05) is 16.5 Å². The van der Waals surface area contributed by atoms with E-state index in [2.05, 4.69) is 260 Å². The van der Waals surface area contributed by atoms with Crippen molar-refractivity contribution in [3.8, 4) is 17.3 Å². The summed E-state index contributed by atoms with van der Waals surface area (Å²) in [7, 11) is 0. The molecule has 1 aliphatic rings. The maximum Gasteiger partial charge on any atom is 0.137 e. The van der Waals surface area contributed by atoms with Gasteiger partial charge in [-0.25, -0.2) is 4.98 Å². The second kappa shape index (κ2) is 16.3. The van der Waals surface area contributed by atoms with E-state index < -0.39 is 0 Å². The second-order valence-electron chi connectivity index (χ2n) is 21.5. The van der Waals surface area contributed by atoms with Gasteiger partial charge in [-0.05, 0) is 111 Å². The van der Waals surface area contributed by atoms with Crippen LogP contribution in [0.1, 0.15) is 103 Å². The number of rotatable bonds is 9. The van der Waals surface area contributed by atoms with Crippen molar-refractivity contribution in [2.45, 2.75) is 90.9 Å². The van der Waals surface area contributed by atoms with Gasteiger partial charge in [-0.1, -0.05) is 166 Å². The van der Waals surface area contributed by atoms with Crippen LogP contribution >= 0.6 is 0 Å². The van der Waals surface area contributed by atoms with Gasteiger partial charge in [0.2, 0.25) is 0 Å². The summed E-state index contributed by atoms with van der Waals surface area (Å²) in [6.45, 7) is 23.6. The molecule has 0 atom stereocenters. The van der Waals surface area contributed by atoms with Gasteiger partial charge in [-0.15, -0.1) is 0 Å². The summed E-state index contributed by atoms with van der Waals surface area (Å²) in [4.78, 5) is 9.94. The molecule has 0 N–H and O–H groups in total. The lowest BCUT2D eigenvalue weighted by atomic mass is 9.78. The molecule has 3 heterocycles. The zero-order valence-electron chi connectivity index (χ0n) is 40.7. The SMILES string of the molecule is CC(C)(C)c1cc(Oc2ccc3c4ccccc4n(-c4cc(C(C)(C)c5ccccc5)ccn4)c3c2)cc(N2CN(c3cccc(C(C)(C)c4ccccc4)c3)c3cc(C(C)(C)C)ccc32)c1. The minimum atomic E-state index is -0.215. The quantitative estimate of drug-likeness (QED) is 0.145. The normalized spacial score (nSPS) is 13.4. The Labute approximate surface area is 397 Å². The predicted octanol–water partition coefficient (Wildman–Crippen LogP) is 16.5.